The summed E-state index contributed by atoms with van der Waals surface area (Å²) in [6.45, 7) is 3.93. The van der Waals surface area contributed by atoms with Crippen LogP contribution in [0.3, 0.4) is 0 Å². The second kappa shape index (κ2) is 5.13. The first kappa shape index (κ1) is 14.3. The molecule has 1 spiro atoms. The molecule has 0 atom stereocenters. The summed E-state index contributed by atoms with van der Waals surface area (Å²) in [6.07, 6.45) is 6.41. The van der Waals surface area contributed by atoms with Gasteiger partial charge >= 0.3 is 0 Å². The molecule has 1 saturated carbocycles. The Balaban J connectivity index is 1.83. The lowest BCUT2D eigenvalue weighted by molar-refractivity contribution is 0.0956. The van der Waals surface area contributed by atoms with Crippen molar-refractivity contribution < 1.29 is 0 Å². The van der Waals surface area contributed by atoms with Gasteiger partial charge in [0.2, 0.25) is 0 Å². The molecule has 0 radical (unpaired) electrons. The van der Waals surface area contributed by atoms with Gasteiger partial charge in [0, 0.05) is 18.5 Å². The highest BCUT2D eigenvalue weighted by Gasteiger charge is 2.40. The van der Waals surface area contributed by atoms with Crippen LogP contribution in [-0.2, 0) is 0 Å². The summed E-state index contributed by atoms with van der Waals surface area (Å²) in [5.41, 5.74) is 3.33. The topological polar surface area (TPSA) is 59.9 Å². The van der Waals surface area contributed by atoms with Crippen molar-refractivity contribution in [3.05, 3.63) is 39.7 Å². The Bertz CT molecular complexity index is 861. The number of aromatic nitrogens is 1. The van der Waals surface area contributed by atoms with E-state index in [1.54, 1.807) is 0 Å². The van der Waals surface area contributed by atoms with Crippen molar-refractivity contribution in [3.8, 4) is 6.07 Å². The quantitative estimate of drug-likeness (QED) is 0.877. The molecule has 2 aromatic rings. The van der Waals surface area contributed by atoms with Crippen LogP contribution < -0.4 is 10.5 Å². The number of nitriles is 1. The standard InChI is InChI=1S/C19H21N3O/c1-13-3-4-16-14(11-13)17(15(12-20)18(23)21-16)22-9-7-19(8-10-22)5-2-6-19/h3-4,11H,2,5-10H2,1H3,(H,21,23). The molecule has 4 nitrogen and oxygen atoms in total. The molecule has 2 heterocycles. The zero-order valence-corrected chi connectivity index (χ0v) is 13.5. The fourth-order valence-corrected chi connectivity index (χ4v) is 4.20. The Morgan fingerprint density at radius 2 is 1.96 bits per heavy atom. The average Bonchev–Trinajstić information content (AvgIpc) is 2.53. The molecule has 0 amide bonds. The van der Waals surface area contributed by atoms with Crippen LogP contribution >= 0.6 is 0 Å². The number of hydrogen-bond donors (Lipinski definition) is 1. The number of aryl methyl sites for hydroxylation is 1. The number of rotatable bonds is 1. The predicted octanol–water partition coefficient (Wildman–Crippen LogP) is 3.48. The van der Waals surface area contributed by atoms with Crippen molar-refractivity contribution in [2.75, 3.05) is 18.0 Å². The van der Waals surface area contributed by atoms with Crippen LogP contribution in [0, 0.1) is 23.7 Å². The Morgan fingerprint density at radius 1 is 1.22 bits per heavy atom. The normalized spacial score (nSPS) is 19.6. The van der Waals surface area contributed by atoms with Crippen LogP contribution in [-0.4, -0.2) is 18.1 Å². The molecule has 1 aliphatic heterocycles. The van der Waals surface area contributed by atoms with Gasteiger partial charge in [-0.15, -0.1) is 0 Å². The highest BCUT2D eigenvalue weighted by Crippen LogP contribution is 2.49. The van der Waals surface area contributed by atoms with Gasteiger partial charge in [-0.2, -0.15) is 5.26 Å². The van der Waals surface area contributed by atoms with Crippen molar-refractivity contribution in [2.45, 2.75) is 39.0 Å². The van der Waals surface area contributed by atoms with E-state index in [1.165, 1.54) is 32.1 Å². The first-order valence-corrected chi connectivity index (χ1v) is 8.44. The molecule has 1 aromatic heterocycles. The van der Waals surface area contributed by atoms with Gasteiger partial charge < -0.3 is 9.88 Å². The monoisotopic (exact) mass is 307 g/mol. The summed E-state index contributed by atoms with van der Waals surface area (Å²) in [5, 5.41) is 10.5. The van der Waals surface area contributed by atoms with Gasteiger partial charge in [0.1, 0.15) is 11.6 Å². The summed E-state index contributed by atoms with van der Waals surface area (Å²) in [6, 6.07) is 8.15. The predicted molar refractivity (Wildman–Crippen MR) is 91.8 cm³/mol. The smallest absolute Gasteiger partial charge is 0.268 e. The summed E-state index contributed by atoms with van der Waals surface area (Å²) in [4.78, 5) is 17.4. The second-order valence-corrected chi connectivity index (χ2v) is 7.18. The van der Waals surface area contributed by atoms with E-state index in [1.807, 2.05) is 19.1 Å². The van der Waals surface area contributed by atoms with Crippen LogP contribution in [0.5, 0.6) is 0 Å². The number of benzene rings is 1. The van der Waals surface area contributed by atoms with Gasteiger partial charge in [-0.05, 0) is 50.2 Å². The molecule has 4 heteroatoms. The fraction of sp³-hybridized carbons (Fsp3) is 0.474. The molecule has 1 N–H and O–H groups in total. The number of hydrogen-bond acceptors (Lipinski definition) is 3. The van der Waals surface area contributed by atoms with Crippen LogP contribution in [0.1, 0.15) is 43.2 Å². The highest BCUT2D eigenvalue weighted by molar-refractivity contribution is 5.94. The Hall–Kier alpha value is -2.28. The average molecular weight is 307 g/mol. The first-order valence-electron chi connectivity index (χ1n) is 8.44. The lowest BCUT2D eigenvalue weighted by atomic mass is 9.63. The molecule has 0 unspecified atom stereocenters. The van der Waals surface area contributed by atoms with Crippen LogP contribution in [0.2, 0.25) is 0 Å². The minimum absolute atomic E-state index is 0.257. The molecule has 1 aliphatic carbocycles. The molecule has 4 rings (SSSR count). The number of H-pyrrole nitrogens is 1. The van der Waals surface area contributed by atoms with Gasteiger partial charge in [-0.1, -0.05) is 18.1 Å². The molecule has 1 aromatic carbocycles. The molecule has 0 bridgehead atoms. The Labute approximate surface area is 135 Å². The van der Waals surface area contributed by atoms with Gasteiger partial charge in [-0.25, -0.2) is 0 Å². The van der Waals surface area contributed by atoms with E-state index in [2.05, 4.69) is 22.0 Å². The maximum Gasteiger partial charge on any atom is 0.268 e. The van der Waals surface area contributed by atoms with Gasteiger partial charge in [0.25, 0.3) is 5.56 Å². The molecule has 2 aliphatic rings. The SMILES string of the molecule is Cc1ccc2[nH]c(=O)c(C#N)c(N3CCC4(CCC4)CC3)c2c1. The van der Waals surface area contributed by atoms with Crippen molar-refractivity contribution >= 4 is 16.6 Å². The number of fused-ring (bicyclic) bond motifs is 1. The van der Waals surface area contributed by atoms with Gasteiger partial charge in [-0.3, -0.25) is 4.79 Å². The van der Waals surface area contributed by atoms with E-state index in [0.29, 0.717) is 5.41 Å². The van der Waals surface area contributed by atoms with Crippen LogP contribution in [0.15, 0.2) is 23.0 Å². The van der Waals surface area contributed by atoms with Crippen molar-refractivity contribution in [3.63, 3.8) is 0 Å². The molecule has 1 saturated heterocycles. The van der Waals surface area contributed by atoms with Crippen molar-refractivity contribution in [2.24, 2.45) is 5.41 Å². The lowest BCUT2D eigenvalue weighted by Crippen LogP contribution is -2.44. The number of nitrogens with one attached hydrogen (secondary N) is 1. The molecule has 23 heavy (non-hydrogen) atoms. The summed E-state index contributed by atoms with van der Waals surface area (Å²) >= 11 is 0. The second-order valence-electron chi connectivity index (χ2n) is 7.18. The summed E-state index contributed by atoms with van der Waals surface area (Å²) in [5.74, 6) is 0. The highest BCUT2D eigenvalue weighted by atomic mass is 16.1. The summed E-state index contributed by atoms with van der Waals surface area (Å²) in [7, 11) is 0. The maximum absolute atomic E-state index is 12.3. The molecule has 118 valence electrons. The number of nitrogens with zero attached hydrogens (tertiary/aromatic N) is 2. The zero-order valence-electron chi connectivity index (χ0n) is 13.5. The maximum atomic E-state index is 12.3. The van der Waals surface area contributed by atoms with E-state index in [9.17, 15) is 10.1 Å². The van der Waals surface area contributed by atoms with Gasteiger partial charge in [0.15, 0.2) is 0 Å². The van der Waals surface area contributed by atoms with E-state index in [-0.39, 0.29) is 11.1 Å². The van der Waals surface area contributed by atoms with E-state index >= 15 is 0 Å². The Morgan fingerprint density at radius 3 is 2.57 bits per heavy atom. The number of aromatic amines is 1. The fourth-order valence-electron chi connectivity index (χ4n) is 4.20. The van der Waals surface area contributed by atoms with Crippen LogP contribution in [0.25, 0.3) is 10.9 Å². The molecular formula is C19H21N3O. The lowest BCUT2D eigenvalue weighted by Gasteiger charge is -2.48. The number of piperidine rings is 1. The molecule has 2 fully saturated rings. The van der Waals surface area contributed by atoms with Crippen molar-refractivity contribution in [1.82, 2.24) is 4.98 Å². The first-order chi connectivity index (χ1) is 11.1. The minimum Gasteiger partial charge on any atom is -0.370 e. The van der Waals surface area contributed by atoms with Crippen LogP contribution in [0.4, 0.5) is 5.69 Å². The van der Waals surface area contributed by atoms with E-state index in [0.717, 1.165) is 35.2 Å². The third-order valence-corrected chi connectivity index (χ3v) is 5.81. The number of anilines is 1. The third-order valence-electron chi connectivity index (χ3n) is 5.81. The summed E-state index contributed by atoms with van der Waals surface area (Å²) < 4.78 is 0. The van der Waals surface area contributed by atoms with E-state index < -0.39 is 0 Å². The van der Waals surface area contributed by atoms with Gasteiger partial charge in [0.05, 0.1) is 11.2 Å². The largest absolute Gasteiger partial charge is 0.370 e. The third kappa shape index (κ3) is 2.23. The minimum atomic E-state index is -0.275. The number of pyridine rings is 1. The Kier molecular flexibility index (Phi) is 3.19. The van der Waals surface area contributed by atoms with Crippen molar-refractivity contribution in [1.29, 1.82) is 5.26 Å². The van der Waals surface area contributed by atoms with E-state index in [4.69, 9.17) is 0 Å². The molecular weight excluding hydrogens is 286 g/mol. The zero-order chi connectivity index (χ0) is 16.0.